The molecule has 0 bridgehead atoms. The number of carbonyl (C=O) groups is 1. The molecule has 3 aromatic carbocycles. The molecule has 0 fully saturated rings. The molecule has 0 unspecified atom stereocenters. The molecule has 26 heavy (non-hydrogen) atoms. The van der Waals surface area contributed by atoms with E-state index in [9.17, 15) is 14.5 Å². The Labute approximate surface area is 153 Å². The maximum Gasteiger partial charge on any atom is 0.230 e. The monoisotopic (exact) mass is 364 g/mol. The lowest BCUT2D eigenvalue weighted by atomic mass is 10.0. The number of rotatable bonds is 5. The van der Waals surface area contributed by atoms with E-state index < -0.39 is 7.14 Å². The van der Waals surface area contributed by atoms with E-state index in [0.29, 0.717) is 16.2 Å². The summed E-state index contributed by atoms with van der Waals surface area (Å²) in [6.45, 7) is 3.55. The van der Waals surface area contributed by atoms with E-state index in [4.69, 9.17) is 0 Å². The van der Waals surface area contributed by atoms with Crippen LogP contribution in [0.3, 0.4) is 0 Å². The SMILES string of the molecule is Cc1cc(CO)cc(C)c1C(=O)P(=O)(c1ccccc1)c1ccccc1. The predicted octanol–water partition coefficient (Wildman–Crippen LogP) is 3.95. The largest absolute Gasteiger partial charge is 0.392 e. The molecule has 3 nitrogen and oxygen atoms in total. The van der Waals surface area contributed by atoms with Crippen molar-refractivity contribution < 1.29 is 14.5 Å². The van der Waals surface area contributed by atoms with Gasteiger partial charge in [0, 0.05) is 16.2 Å². The Kier molecular flexibility index (Phi) is 5.22. The molecule has 0 aromatic heterocycles. The van der Waals surface area contributed by atoms with Crippen molar-refractivity contribution in [1.29, 1.82) is 0 Å². The van der Waals surface area contributed by atoms with Gasteiger partial charge in [-0.1, -0.05) is 72.8 Å². The topological polar surface area (TPSA) is 54.4 Å². The molecule has 0 aliphatic carbocycles. The third-order valence-corrected chi connectivity index (χ3v) is 7.36. The van der Waals surface area contributed by atoms with E-state index >= 15 is 0 Å². The Morgan fingerprint density at radius 1 is 0.846 bits per heavy atom. The lowest BCUT2D eigenvalue weighted by Crippen LogP contribution is -2.23. The molecule has 0 amide bonds. The predicted molar refractivity (Wildman–Crippen MR) is 106 cm³/mol. The van der Waals surface area contributed by atoms with Crippen molar-refractivity contribution in [1.82, 2.24) is 0 Å². The maximum atomic E-state index is 14.2. The van der Waals surface area contributed by atoms with Gasteiger partial charge in [0.15, 0.2) is 0 Å². The highest BCUT2D eigenvalue weighted by Crippen LogP contribution is 2.47. The smallest absolute Gasteiger partial charge is 0.230 e. The van der Waals surface area contributed by atoms with Crippen LogP contribution in [-0.2, 0) is 11.2 Å². The van der Waals surface area contributed by atoms with Crippen LogP contribution in [0.5, 0.6) is 0 Å². The minimum Gasteiger partial charge on any atom is -0.392 e. The van der Waals surface area contributed by atoms with Crippen LogP contribution in [0.15, 0.2) is 72.8 Å². The average molecular weight is 364 g/mol. The van der Waals surface area contributed by atoms with Crippen molar-refractivity contribution in [2.24, 2.45) is 0 Å². The number of hydrogen-bond acceptors (Lipinski definition) is 3. The summed E-state index contributed by atoms with van der Waals surface area (Å²) in [5.41, 5.74) is 2.30. The molecule has 4 heteroatoms. The van der Waals surface area contributed by atoms with Crippen molar-refractivity contribution in [3.63, 3.8) is 0 Å². The van der Waals surface area contributed by atoms with Crippen molar-refractivity contribution >= 4 is 23.3 Å². The molecule has 0 aliphatic heterocycles. The zero-order valence-corrected chi connectivity index (χ0v) is 15.7. The van der Waals surface area contributed by atoms with Crippen LogP contribution >= 0.6 is 7.14 Å². The van der Waals surface area contributed by atoms with Gasteiger partial charge in [0.2, 0.25) is 12.7 Å². The van der Waals surface area contributed by atoms with Gasteiger partial charge in [-0.25, -0.2) is 0 Å². The Bertz CT molecular complexity index is 912. The van der Waals surface area contributed by atoms with Gasteiger partial charge in [-0.2, -0.15) is 0 Å². The lowest BCUT2D eigenvalue weighted by Gasteiger charge is -2.20. The van der Waals surface area contributed by atoms with Gasteiger partial charge >= 0.3 is 0 Å². The van der Waals surface area contributed by atoms with Gasteiger partial charge in [0.25, 0.3) is 0 Å². The first-order chi connectivity index (χ1) is 12.5. The third-order valence-electron chi connectivity index (χ3n) is 4.51. The van der Waals surface area contributed by atoms with Crippen molar-refractivity contribution in [3.05, 3.63) is 95.1 Å². The molecule has 3 rings (SSSR count). The summed E-state index contributed by atoms with van der Waals surface area (Å²) >= 11 is 0. The fourth-order valence-corrected chi connectivity index (χ4v) is 5.92. The molecular formula is C22H21O3P. The van der Waals surface area contributed by atoms with Crippen LogP contribution in [0.2, 0.25) is 0 Å². The number of carbonyl (C=O) groups excluding carboxylic acids is 1. The van der Waals surface area contributed by atoms with Gasteiger partial charge in [-0.3, -0.25) is 4.79 Å². The van der Waals surface area contributed by atoms with Crippen molar-refractivity contribution in [3.8, 4) is 0 Å². The zero-order valence-electron chi connectivity index (χ0n) is 14.8. The van der Waals surface area contributed by atoms with Crippen LogP contribution in [0.25, 0.3) is 0 Å². The van der Waals surface area contributed by atoms with E-state index in [-0.39, 0.29) is 12.1 Å². The average Bonchev–Trinajstić information content (AvgIpc) is 2.68. The number of aliphatic hydroxyl groups excluding tert-OH is 1. The van der Waals surface area contributed by atoms with Crippen LogP contribution in [0, 0.1) is 13.8 Å². The van der Waals surface area contributed by atoms with E-state index in [1.165, 1.54) is 0 Å². The Morgan fingerprint density at radius 2 is 1.27 bits per heavy atom. The number of aliphatic hydroxyl groups is 1. The number of aryl methyl sites for hydroxylation is 2. The highest BCUT2D eigenvalue weighted by Gasteiger charge is 2.37. The van der Waals surface area contributed by atoms with Gasteiger partial charge in [0.05, 0.1) is 6.61 Å². The summed E-state index contributed by atoms with van der Waals surface area (Å²) in [5, 5.41) is 10.4. The first-order valence-electron chi connectivity index (χ1n) is 8.45. The molecule has 0 saturated carbocycles. The molecule has 1 N–H and O–H groups in total. The standard InChI is InChI=1S/C22H21O3P/c1-16-13-18(15-23)14-17(2)21(16)22(24)26(25,19-9-5-3-6-10-19)20-11-7-4-8-12-20/h3-14,23H,15H2,1-2H3. The van der Waals surface area contributed by atoms with Crippen LogP contribution in [0.1, 0.15) is 27.0 Å². The molecule has 0 radical (unpaired) electrons. The molecule has 3 aromatic rings. The van der Waals surface area contributed by atoms with Crippen LogP contribution < -0.4 is 10.6 Å². The third kappa shape index (κ3) is 3.16. The molecule has 0 saturated heterocycles. The van der Waals surface area contributed by atoms with Gasteiger partial charge in [0.1, 0.15) is 0 Å². The maximum absolute atomic E-state index is 14.2. The van der Waals surface area contributed by atoms with Crippen molar-refractivity contribution in [2.45, 2.75) is 20.5 Å². The van der Waals surface area contributed by atoms with Gasteiger partial charge < -0.3 is 9.67 Å². The lowest BCUT2D eigenvalue weighted by molar-refractivity contribution is 0.107. The molecule has 132 valence electrons. The van der Waals surface area contributed by atoms with Gasteiger partial charge in [-0.05, 0) is 30.5 Å². The number of benzene rings is 3. The highest BCUT2D eigenvalue weighted by atomic mass is 31.2. The second-order valence-corrected chi connectivity index (χ2v) is 9.01. The highest BCUT2D eigenvalue weighted by molar-refractivity contribution is 7.93. The summed E-state index contributed by atoms with van der Waals surface area (Å²) in [4.78, 5) is 13.6. The molecule has 0 heterocycles. The summed E-state index contributed by atoms with van der Waals surface area (Å²) < 4.78 is 14.2. The van der Waals surface area contributed by atoms with E-state index in [0.717, 1.165) is 16.7 Å². The Balaban J connectivity index is 2.25. The summed E-state index contributed by atoms with van der Waals surface area (Å²) in [6.07, 6.45) is 0. The first kappa shape index (κ1) is 18.3. The normalized spacial score (nSPS) is 11.3. The number of hydrogen-bond donors (Lipinski definition) is 1. The van der Waals surface area contributed by atoms with Crippen LogP contribution in [0.4, 0.5) is 0 Å². The summed E-state index contributed by atoms with van der Waals surface area (Å²) in [7, 11) is -3.52. The quantitative estimate of drug-likeness (QED) is 0.698. The minimum absolute atomic E-state index is 0.0921. The van der Waals surface area contributed by atoms with Crippen molar-refractivity contribution in [2.75, 3.05) is 0 Å². The van der Waals surface area contributed by atoms with E-state index in [1.807, 2.05) is 26.0 Å². The molecular weight excluding hydrogens is 343 g/mol. The fourth-order valence-electron chi connectivity index (χ4n) is 3.30. The molecule has 0 atom stereocenters. The van der Waals surface area contributed by atoms with E-state index in [1.54, 1.807) is 60.7 Å². The Morgan fingerprint density at radius 3 is 1.65 bits per heavy atom. The van der Waals surface area contributed by atoms with Gasteiger partial charge in [-0.15, -0.1) is 0 Å². The minimum atomic E-state index is -3.52. The van der Waals surface area contributed by atoms with E-state index in [2.05, 4.69) is 0 Å². The first-order valence-corrected chi connectivity index (χ1v) is 10.2. The second-order valence-electron chi connectivity index (χ2n) is 6.35. The second kappa shape index (κ2) is 7.41. The molecule has 0 spiro atoms. The zero-order chi connectivity index (χ0) is 18.7. The Hall–Kier alpha value is -2.48. The summed E-state index contributed by atoms with van der Waals surface area (Å²) in [6, 6.07) is 21.4. The van der Waals surface area contributed by atoms with Crippen LogP contribution in [-0.4, -0.2) is 10.6 Å². The fraction of sp³-hybridized carbons (Fsp3) is 0.136. The summed E-state index contributed by atoms with van der Waals surface area (Å²) in [5.74, 6) is 0. The molecule has 0 aliphatic rings.